The molecule has 26 heavy (non-hydrogen) atoms. The van der Waals surface area contributed by atoms with Crippen LogP contribution in [0.4, 0.5) is 11.4 Å². The molecule has 0 radical (unpaired) electrons. The second kappa shape index (κ2) is 10.3. The summed E-state index contributed by atoms with van der Waals surface area (Å²) in [6.45, 7) is 1.85. The number of rotatable bonds is 6. The van der Waals surface area contributed by atoms with Gasteiger partial charge < -0.3 is 42.9 Å². The maximum absolute atomic E-state index is 4.56. The number of quaternary nitrogens is 2. The van der Waals surface area contributed by atoms with E-state index in [1.807, 2.05) is 24.3 Å². The number of nitrogens with zero attached hydrogens (tertiary/aromatic N) is 4. The van der Waals surface area contributed by atoms with Crippen LogP contribution in [0, 0.1) is 0 Å². The highest BCUT2D eigenvalue weighted by Crippen LogP contribution is 2.27. The molecule has 2 aromatic rings. The van der Waals surface area contributed by atoms with E-state index in [1.165, 1.54) is 11.1 Å². The van der Waals surface area contributed by atoms with Gasteiger partial charge >= 0.3 is 0 Å². The molecule has 0 N–H and O–H groups in total. The Morgan fingerprint density at radius 2 is 0.885 bits per heavy atom. The van der Waals surface area contributed by atoms with Gasteiger partial charge in [0, 0.05) is 11.1 Å². The van der Waals surface area contributed by atoms with E-state index >= 15 is 0 Å². The van der Waals surface area contributed by atoms with Crippen molar-refractivity contribution in [2.45, 2.75) is 13.1 Å². The molecule has 0 saturated heterocycles. The first-order chi connectivity index (χ1) is 11.1. The minimum Gasteiger partial charge on any atom is -1.00 e. The van der Waals surface area contributed by atoms with Crippen molar-refractivity contribution in [2.75, 3.05) is 42.3 Å². The van der Waals surface area contributed by atoms with Gasteiger partial charge in [-0.3, -0.25) is 0 Å². The Kier molecular flexibility index (Phi) is 9.88. The van der Waals surface area contributed by atoms with Crippen molar-refractivity contribution in [1.82, 2.24) is 0 Å². The van der Waals surface area contributed by atoms with Crippen molar-refractivity contribution in [3.8, 4) is 0 Å². The Morgan fingerprint density at radius 3 is 1.19 bits per heavy atom. The molecule has 0 heterocycles. The van der Waals surface area contributed by atoms with Crippen LogP contribution >= 0.6 is 0 Å². The molecule has 6 heteroatoms. The Labute approximate surface area is 179 Å². The van der Waals surface area contributed by atoms with E-state index in [9.17, 15) is 0 Å². The average Bonchev–Trinajstić information content (AvgIpc) is 2.44. The second-order valence-electron chi connectivity index (χ2n) is 8.35. The summed E-state index contributed by atoms with van der Waals surface area (Å²) < 4.78 is 1.73. The fourth-order valence-corrected chi connectivity index (χ4v) is 2.61. The molecule has 4 nitrogen and oxygen atoms in total. The first-order valence-corrected chi connectivity index (χ1v) is 8.32. The number of halogens is 2. The average molecular weight is 486 g/mol. The van der Waals surface area contributed by atoms with E-state index in [0.717, 1.165) is 33.4 Å². The quantitative estimate of drug-likeness (QED) is 0.352. The van der Waals surface area contributed by atoms with E-state index in [2.05, 4.69) is 76.8 Å². The van der Waals surface area contributed by atoms with Gasteiger partial charge in [-0.05, 0) is 12.1 Å². The zero-order valence-electron chi connectivity index (χ0n) is 16.6. The lowest BCUT2D eigenvalue weighted by atomic mass is 10.1. The molecule has 2 aromatic carbocycles. The molecule has 0 aliphatic carbocycles. The molecule has 2 rings (SSSR count). The highest BCUT2D eigenvalue weighted by Gasteiger charge is 2.13. The Hall–Kier alpha value is -1.08. The summed E-state index contributed by atoms with van der Waals surface area (Å²) in [5.74, 6) is 0. The highest BCUT2D eigenvalue weighted by molar-refractivity contribution is 5.48. The van der Waals surface area contributed by atoms with E-state index < -0.39 is 0 Å². The number of hydrogen-bond donors (Lipinski definition) is 0. The van der Waals surface area contributed by atoms with Gasteiger partial charge in [-0.25, -0.2) is 0 Å². The topological polar surface area (TPSA) is 24.7 Å². The third-order valence-electron chi connectivity index (χ3n) is 3.54. The van der Waals surface area contributed by atoms with Crippen LogP contribution in [0.1, 0.15) is 11.1 Å². The molecule has 0 atom stereocenters. The molecule has 0 aliphatic rings. The van der Waals surface area contributed by atoms with Crippen LogP contribution in [0.25, 0.3) is 0 Å². The fraction of sp³-hybridized carbons (Fsp3) is 0.400. The predicted molar refractivity (Wildman–Crippen MR) is 101 cm³/mol. The van der Waals surface area contributed by atoms with Crippen LogP contribution in [-0.2, 0) is 13.1 Å². The van der Waals surface area contributed by atoms with Crippen LogP contribution in [0.5, 0.6) is 0 Å². The Morgan fingerprint density at radius 1 is 0.577 bits per heavy atom. The lowest BCUT2D eigenvalue weighted by molar-refractivity contribution is -0.883. The molecule has 0 amide bonds. The standard InChI is InChI=1S/C20H30N4.2BrH/c1-23(2,3)15-17-11-7-9-13-19(17)21-22-20-14-10-8-12-18(20)16-24(4,5)6;;/h7-14H,15-16H2,1-6H3;2*1H/q+2;;/p-2. The molecule has 0 unspecified atom stereocenters. The monoisotopic (exact) mass is 484 g/mol. The summed E-state index contributed by atoms with van der Waals surface area (Å²) in [6, 6.07) is 16.5. The van der Waals surface area contributed by atoms with Gasteiger partial charge in [0.05, 0.1) is 53.7 Å². The lowest BCUT2D eigenvalue weighted by Gasteiger charge is -2.24. The van der Waals surface area contributed by atoms with Gasteiger partial charge in [-0.15, -0.1) is 0 Å². The SMILES string of the molecule is C[N+](C)(C)Cc1ccccc1N=Nc1ccccc1C[N+](C)(C)C.[Br-].[Br-]. The van der Waals surface area contributed by atoms with Crippen molar-refractivity contribution in [3.05, 3.63) is 59.7 Å². The summed E-state index contributed by atoms with van der Waals surface area (Å²) >= 11 is 0. The van der Waals surface area contributed by atoms with Crippen molar-refractivity contribution in [3.63, 3.8) is 0 Å². The van der Waals surface area contributed by atoms with Crippen molar-refractivity contribution < 1.29 is 42.9 Å². The minimum absolute atomic E-state index is 0. The molecule has 0 saturated carbocycles. The number of benzene rings is 2. The molecule has 0 spiro atoms. The Bertz CT molecular complexity index is 655. The first kappa shape index (κ1) is 24.9. The van der Waals surface area contributed by atoms with Gasteiger partial charge in [0.25, 0.3) is 0 Å². The largest absolute Gasteiger partial charge is 1.00 e. The van der Waals surface area contributed by atoms with E-state index in [4.69, 9.17) is 0 Å². The van der Waals surface area contributed by atoms with Crippen LogP contribution < -0.4 is 34.0 Å². The zero-order valence-corrected chi connectivity index (χ0v) is 19.7. The lowest BCUT2D eigenvalue weighted by Crippen LogP contribution is -3.00. The van der Waals surface area contributed by atoms with Gasteiger partial charge in [0.2, 0.25) is 0 Å². The van der Waals surface area contributed by atoms with E-state index in [1.54, 1.807) is 0 Å². The number of azo groups is 1. The highest BCUT2D eigenvalue weighted by atomic mass is 79.9. The summed E-state index contributed by atoms with van der Waals surface area (Å²) in [4.78, 5) is 0. The van der Waals surface area contributed by atoms with Gasteiger partial charge in [0.1, 0.15) is 13.1 Å². The molecule has 0 fully saturated rings. The third kappa shape index (κ3) is 8.54. The van der Waals surface area contributed by atoms with Crippen molar-refractivity contribution in [2.24, 2.45) is 10.2 Å². The van der Waals surface area contributed by atoms with Crippen LogP contribution in [-0.4, -0.2) is 51.3 Å². The van der Waals surface area contributed by atoms with Crippen LogP contribution in [0.15, 0.2) is 58.8 Å². The molecule has 0 aromatic heterocycles. The smallest absolute Gasteiger partial charge is 0.106 e. The van der Waals surface area contributed by atoms with Crippen molar-refractivity contribution >= 4 is 11.4 Å². The molecule has 0 bridgehead atoms. The molecular weight excluding hydrogens is 456 g/mol. The van der Waals surface area contributed by atoms with Crippen LogP contribution in [0.2, 0.25) is 0 Å². The maximum Gasteiger partial charge on any atom is 0.106 e. The van der Waals surface area contributed by atoms with Gasteiger partial charge in [-0.2, -0.15) is 10.2 Å². The van der Waals surface area contributed by atoms with Crippen LogP contribution in [0.3, 0.4) is 0 Å². The Balaban J connectivity index is 0.00000312. The van der Waals surface area contributed by atoms with Gasteiger partial charge in [0.15, 0.2) is 0 Å². The summed E-state index contributed by atoms with van der Waals surface area (Å²) in [6.07, 6.45) is 0. The van der Waals surface area contributed by atoms with Gasteiger partial charge in [-0.1, -0.05) is 36.4 Å². The predicted octanol–water partition coefficient (Wildman–Crippen LogP) is -1.48. The normalized spacial score (nSPS) is 11.8. The molecule has 144 valence electrons. The van der Waals surface area contributed by atoms with E-state index in [-0.39, 0.29) is 34.0 Å². The molecular formula is C20H30Br2N4. The van der Waals surface area contributed by atoms with Crippen molar-refractivity contribution in [1.29, 1.82) is 0 Å². The van der Waals surface area contributed by atoms with E-state index in [0.29, 0.717) is 0 Å². The summed E-state index contributed by atoms with van der Waals surface area (Å²) in [5.41, 5.74) is 4.34. The number of hydrogen-bond acceptors (Lipinski definition) is 2. The minimum atomic E-state index is 0. The molecule has 0 aliphatic heterocycles. The third-order valence-corrected chi connectivity index (χ3v) is 3.54. The first-order valence-electron chi connectivity index (χ1n) is 8.32. The second-order valence-corrected chi connectivity index (χ2v) is 8.35. The maximum atomic E-state index is 4.56. The summed E-state index contributed by atoms with van der Waals surface area (Å²) in [7, 11) is 13.1. The summed E-state index contributed by atoms with van der Waals surface area (Å²) in [5, 5.41) is 9.12. The zero-order chi connectivity index (χ0) is 17.8. The fourth-order valence-electron chi connectivity index (χ4n) is 2.61.